The number of ether oxygens (including phenoxy) is 1. The molecule has 2 aromatic carbocycles. The van der Waals surface area contributed by atoms with E-state index in [0.29, 0.717) is 15.8 Å². The van der Waals surface area contributed by atoms with E-state index in [9.17, 15) is 4.79 Å². The zero-order valence-electron chi connectivity index (χ0n) is 15.9. The van der Waals surface area contributed by atoms with Gasteiger partial charge in [0, 0.05) is 43.1 Å². The van der Waals surface area contributed by atoms with Gasteiger partial charge in [0.2, 0.25) is 0 Å². The van der Waals surface area contributed by atoms with Crippen LogP contribution in [0.1, 0.15) is 10.4 Å². The first-order valence-corrected chi connectivity index (χ1v) is 10.2. The van der Waals surface area contributed by atoms with Crippen LogP contribution in [0, 0.1) is 0 Å². The second-order valence-corrected chi connectivity index (χ2v) is 7.86. The number of likely N-dealkylation sites (N-methyl/N-ethyl adjacent to an activating group) is 1. The summed E-state index contributed by atoms with van der Waals surface area (Å²) in [5.41, 5.74) is 2.51. The van der Waals surface area contributed by atoms with Crippen molar-refractivity contribution >= 4 is 50.5 Å². The Bertz CT molecular complexity index is 852. The molecule has 0 aliphatic carbocycles. The number of amides is 1. The molecule has 0 radical (unpaired) electrons. The smallest absolute Gasteiger partial charge is 0.257 e. The van der Waals surface area contributed by atoms with Crippen molar-refractivity contribution in [1.82, 2.24) is 10.2 Å². The first kappa shape index (κ1) is 20.6. The number of carbonyl (C=O) groups is 1. The van der Waals surface area contributed by atoms with E-state index in [1.165, 1.54) is 5.69 Å². The minimum atomic E-state index is -0.282. The molecule has 1 fully saturated rings. The maximum Gasteiger partial charge on any atom is 0.257 e. The van der Waals surface area contributed by atoms with Crippen molar-refractivity contribution in [1.29, 1.82) is 0 Å². The number of hydrogen-bond acceptors (Lipinski definition) is 5. The van der Waals surface area contributed by atoms with E-state index < -0.39 is 0 Å². The van der Waals surface area contributed by atoms with Crippen LogP contribution in [0.2, 0.25) is 0 Å². The summed E-state index contributed by atoms with van der Waals surface area (Å²) in [7, 11) is 3.72. The first-order valence-electron chi connectivity index (χ1n) is 8.95. The fourth-order valence-corrected chi connectivity index (χ4v) is 3.72. The van der Waals surface area contributed by atoms with Crippen LogP contribution >= 0.6 is 28.1 Å². The van der Waals surface area contributed by atoms with Crippen molar-refractivity contribution in [2.24, 2.45) is 0 Å². The van der Waals surface area contributed by atoms with Crippen LogP contribution in [0.4, 0.5) is 11.4 Å². The Morgan fingerprint density at radius 1 is 1.11 bits per heavy atom. The van der Waals surface area contributed by atoms with Gasteiger partial charge >= 0.3 is 0 Å². The van der Waals surface area contributed by atoms with Crippen molar-refractivity contribution in [3.05, 3.63) is 52.5 Å². The maximum atomic E-state index is 12.4. The van der Waals surface area contributed by atoms with Crippen LogP contribution < -0.4 is 20.3 Å². The molecule has 1 heterocycles. The number of methoxy groups -OCH3 is 1. The molecule has 28 heavy (non-hydrogen) atoms. The Kier molecular flexibility index (Phi) is 6.88. The number of carbonyl (C=O) groups excluding carboxylic acids is 1. The molecule has 148 valence electrons. The zero-order valence-corrected chi connectivity index (χ0v) is 18.3. The lowest BCUT2D eigenvalue weighted by molar-refractivity contribution is 0.0977. The van der Waals surface area contributed by atoms with Crippen LogP contribution in [0.15, 0.2) is 46.9 Å². The quantitative estimate of drug-likeness (QED) is 0.679. The van der Waals surface area contributed by atoms with Gasteiger partial charge < -0.3 is 19.9 Å². The molecule has 1 aliphatic heterocycles. The fourth-order valence-electron chi connectivity index (χ4n) is 2.97. The number of hydrogen-bond donors (Lipinski definition) is 2. The SMILES string of the molecule is COc1ccc(C(=O)NC(=S)Nc2ccc(N3CCN(C)CC3)cc2)cc1Br. The molecular formula is C20H23BrN4O2S. The lowest BCUT2D eigenvalue weighted by Crippen LogP contribution is -2.44. The van der Waals surface area contributed by atoms with Gasteiger partial charge in [0.1, 0.15) is 5.75 Å². The topological polar surface area (TPSA) is 56.8 Å². The zero-order chi connectivity index (χ0) is 20.1. The van der Waals surface area contributed by atoms with E-state index in [1.54, 1.807) is 25.3 Å². The third kappa shape index (κ3) is 5.21. The van der Waals surface area contributed by atoms with E-state index in [2.05, 4.69) is 55.5 Å². The molecule has 3 rings (SSSR count). The second-order valence-electron chi connectivity index (χ2n) is 6.59. The number of nitrogens with one attached hydrogen (secondary N) is 2. The van der Waals surface area contributed by atoms with Crippen molar-refractivity contribution in [3.8, 4) is 5.75 Å². The van der Waals surface area contributed by atoms with E-state index in [0.717, 1.165) is 31.9 Å². The fraction of sp³-hybridized carbons (Fsp3) is 0.300. The molecule has 2 aromatic rings. The molecule has 1 amide bonds. The van der Waals surface area contributed by atoms with Crippen LogP contribution in [-0.2, 0) is 0 Å². The Morgan fingerprint density at radius 2 is 1.79 bits per heavy atom. The molecule has 8 heteroatoms. The first-order chi connectivity index (χ1) is 13.5. The van der Waals surface area contributed by atoms with E-state index >= 15 is 0 Å². The van der Waals surface area contributed by atoms with Crippen LogP contribution in [0.3, 0.4) is 0 Å². The summed E-state index contributed by atoms with van der Waals surface area (Å²) in [6.07, 6.45) is 0. The molecular weight excluding hydrogens is 440 g/mol. The average Bonchev–Trinajstić information content (AvgIpc) is 2.69. The van der Waals surface area contributed by atoms with Gasteiger partial charge in [-0.2, -0.15) is 0 Å². The molecule has 0 spiro atoms. The standard InChI is InChI=1S/C20H23BrN4O2S/c1-24-9-11-25(12-10-24)16-6-4-15(5-7-16)22-20(28)23-19(26)14-3-8-18(27-2)17(21)13-14/h3-8,13H,9-12H2,1-2H3,(H2,22,23,26,28). The second kappa shape index (κ2) is 9.36. The van der Waals surface area contributed by atoms with Gasteiger partial charge in [-0.1, -0.05) is 0 Å². The Hall–Kier alpha value is -2.16. The molecule has 0 aromatic heterocycles. The number of thiocarbonyl (C=S) groups is 1. The lowest BCUT2D eigenvalue weighted by atomic mass is 10.2. The molecule has 6 nitrogen and oxygen atoms in total. The lowest BCUT2D eigenvalue weighted by Gasteiger charge is -2.34. The van der Waals surface area contributed by atoms with Gasteiger partial charge in [-0.25, -0.2) is 0 Å². The summed E-state index contributed by atoms with van der Waals surface area (Å²) in [4.78, 5) is 17.1. The highest BCUT2D eigenvalue weighted by atomic mass is 79.9. The van der Waals surface area contributed by atoms with Crippen molar-refractivity contribution in [2.75, 3.05) is 50.6 Å². The number of halogens is 1. The van der Waals surface area contributed by atoms with Crippen molar-refractivity contribution in [3.63, 3.8) is 0 Å². The number of rotatable bonds is 4. The highest BCUT2D eigenvalue weighted by molar-refractivity contribution is 9.10. The van der Waals surface area contributed by atoms with Gasteiger partial charge in [-0.3, -0.25) is 10.1 Å². The third-order valence-corrected chi connectivity index (χ3v) is 5.46. The summed E-state index contributed by atoms with van der Waals surface area (Å²) in [5, 5.41) is 6.00. The predicted molar refractivity (Wildman–Crippen MR) is 121 cm³/mol. The van der Waals surface area contributed by atoms with Gasteiger partial charge in [-0.05, 0) is 77.7 Å². The van der Waals surface area contributed by atoms with Gasteiger partial charge in [0.15, 0.2) is 5.11 Å². The third-order valence-electron chi connectivity index (χ3n) is 4.63. The van der Waals surface area contributed by atoms with Gasteiger partial charge in [-0.15, -0.1) is 0 Å². The highest BCUT2D eigenvalue weighted by Gasteiger charge is 2.14. The molecule has 2 N–H and O–H groups in total. The van der Waals surface area contributed by atoms with E-state index in [4.69, 9.17) is 17.0 Å². The average molecular weight is 463 g/mol. The number of benzene rings is 2. The Morgan fingerprint density at radius 3 is 2.39 bits per heavy atom. The van der Waals surface area contributed by atoms with Crippen LogP contribution in [-0.4, -0.2) is 56.3 Å². The van der Waals surface area contributed by atoms with Crippen molar-refractivity contribution in [2.45, 2.75) is 0 Å². The van der Waals surface area contributed by atoms with Crippen molar-refractivity contribution < 1.29 is 9.53 Å². The largest absolute Gasteiger partial charge is 0.496 e. The summed E-state index contributed by atoms with van der Waals surface area (Å²) >= 11 is 8.65. The normalized spacial score (nSPS) is 14.5. The molecule has 0 saturated carbocycles. The molecule has 1 aliphatic rings. The van der Waals surface area contributed by atoms with Gasteiger partial charge in [0.25, 0.3) is 5.91 Å². The molecule has 0 bridgehead atoms. The monoisotopic (exact) mass is 462 g/mol. The summed E-state index contributed by atoms with van der Waals surface area (Å²) in [6.45, 7) is 4.18. The summed E-state index contributed by atoms with van der Waals surface area (Å²) in [5.74, 6) is 0.382. The molecule has 0 atom stereocenters. The Balaban J connectivity index is 1.55. The van der Waals surface area contributed by atoms with Crippen LogP contribution in [0.25, 0.3) is 0 Å². The molecule has 1 saturated heterocycles. The van der Waals surface area contributed by atoms with E-state index in [-0.39, 0.29) is 11.0 Å². The number of anilines is 2. The summed E-state index contributed by atoms with van der Waals surface area (Å²) < 4.78 is 5.89. The minimum Gasteiger partial charge on any atom is -0.496 e. The molecule has 0 unspecified atom stereocenters. The van der Waals surface area contributed by atoms with Crippen LogP contribution in [0.5, 0.6) is 5.75 Å². The predicted octanol–water partition coefficient (Wildman–Crippen LogP) is 3.34. The van der Waals surface area contributed by atoms with Gasteiger partial charge in [0.05, 0.1) is 11.6 Å². The number of nitrogens with zero attached hydrogens (tertiary/aromatic N) is 2. The highest BCUT2D eigenvalue weighted by Crippen LogP contribution is 2.25. The Labute approximate surface area is 179 Å². The van der Waals surface area contributed by atoms with E-state index in [1.807, 2.05) is 12.1 Å². The minimum absolute atomic E-state index is 0.254. The number of piperazine rings is 1. The maximum absolute atomic E-state index is 12.4. The summed E-state index contributed by atoms with van der Waals surface area (Å²) in [6, 6.07) is 13.2.